The third kappa shape index (κ3) is 3.66. The number of benzene rings is 1. The first-order valence-electron chi connectivity index (χ1n) is 10.7. The lowest BCUT2D eigenvalue weighted by molar-refractivity contribution is 0.102. The molecule has 5 aromatic rings. The van der Waals surface area contributed by atoms with Gasteiger partial charge in [0.05, 0.1) is 17.5 Å². The van der Waals surface area contributed by atoms with Gasteiger partial charge in [-0.2, -0.15) is 0 Å². The molecule has 170 valence electrons. The van der Waals surface area contributed by atoms with E-state index in [1.54, 1.807) is 29.8 Å². The van der Waals surface area contributed by atoms with E-state index < -0.39 is 5.91 Å². The number of anilines is 1. The average Bonchev–Trinajstić information content (AvgIpc) is 3.22. The zero-order chi connectivity index (χ0) is 24.0. The molecule has 0 atom stereocenters. The van der Waals surface area contributed by atoms with Crippen LogP contribution in [-0.4, -0.2) is 25.0 Å². The molecule has 1 amide bonds. The van der Waals surface area contributed by atoms with E-state index in [-0.39, 0.29) is 34.4 Å². The average molecular weight is 454 g/mol. The highest BCUT2D eigenvalue weighted by molar-refractivity contribution is 6.05. The maximum atomic E-state index is 13.4. The van der Waals surface area contributed by atoms with Crippen molar-refractivity contribution < 1.29 is 9.32 Å². The van der Waals surface area contributed by atoms with Gasteiger partial charge in [0.15, 0.2) is 5.82 Å². The molecule has 0 saturated carbocycles. The predicted octanol–water partition coefficient (Wildman–Crippen LogP) is 3.34. The Morgan fingerprint density at radius 2 is 1.85 bits per heavy atom. The van der Waals surface area contributed by atoms with Gasteiger partial charge in [-0.25, -0.2) is 4.98 Å². The summed E-state index contributed by atoms with van der Waals surface area (Å²) in [6.45, 7) is 5.86. The minimum absolute atomic E-state index is 0.0340. The third-order valence-corrected chi connectivity index (χ3v) is 5.71. The maximum Gasteiger partial charge on any atom is 0.267 e. The van der Waals surface area contributed by atoms with Gasteiger partial charge in [-0.3, -0.25) is 19.4 Å². The van der Waals surface area contributed by atoms with Gasteiger partial charge in [-0.05, 0) is 44.0 Å². The van der Waals surface area contributed by atoms with Crippen LogP contribution in [0.15, 0.2) is 64.0 Å². The van der Waals surface area contributed by atoms with E-state index in [2.05, 4.69) is 10.5 Å². The molecule has 0 bridgehead atoms. The fourth-order valence-corrected chi connectivity index (χ4v) is 3.91. The van der Waals surface area contributed by atoms with Gasteiger partial charge >= 0.3 is 0 Å². The maximum absolute atomic E-state index is 13.4. The Balaban J connectivity index is 1.76. The van der Waals surface area contributed by atoms with Crippen LogP contribution in [0.25, 0.3) is 16.7 Å². The van der Waals surface area contributed by atoms with Crippen molar-refractivity contribution >= 4 is 28.4 Å². The van der Waals surface area contributed by atoms with Gasteiger partial charge in [0, 0.05) is 12.3 Å². The molecule has 5 rings (SSSR count). The number of fused-ring (bicyclic) bond motifs is 2. The Morgan fingerprint density at radius 1 is 1.09 bits per heavy atom. The zero-order valence-electron chi connectivity index (χ0n) is 18.9. The molecule has 0 aliphatic heterocycles. The Labute approximate surface area is 193 Å². The number of hydrogen-bond donors (Lipinski definition) is 2. The normalized spacial score (nSPS) is 11.3. The lowest BCUT2D eigenvalue weighted by Crippen LogP contribution is -2.32. The fraction of sp³-hybridized carbons (Fsp3) is 0.160. The number of aromatic nitrogens is 4. The zero-order valence-corrected chi connectivity index (χ0v) is 18.9. The molecule has 0 aliphatic carbocycles. The van der Waals surface area contributed by atoms with Crippen LogP contribution in [0.3, 0.4) is 0 Å². The second-order valence-corrected chi connectivity index (χ2v) is 8.29. The topological polar surface area (TPSA) is 118 Å². The Hall–Kier alpha value is -4.53. The van der Waals surface area contributed by atoms with Crippen LogP contribution in [0.5, 0.6) is 0 Å². The molecule has 0 aliphatic rings. The van der Waals surface area contributed by atoms with Gasteiger partial charge < -0.3 is 14.4 Å². The molecule has 2 N–H and O–H groups in total. The number of carbonyl (C=O) groups is 1. The lowest BCUT2D eigenvalue weighted by atomic mass is 10.1. The third-order valence-electron chi connectivity index (χ3n) is 5.71. The highest BCUT2D eigenvalue weighted by atomic mass is 16.5. The molecule has 9 nitrogen and oxygen atoms in total. The summed E-state index contributed by atoms with van der Waals surface area (Å²) in [5, 5.41) is 15.5. The summed E-state index contributed by atoms with van der Waals surface area (Å²) in [5.41, 5.74) is 3.37. The molecule has 9 heteroatoms. The first kappa shape index (κ1) is 21.3. The number of aryl methyl sites for hydroxylation is 3. The number of hydrogen-bond acceptors (Lipinski definition) is 6. The summed E-state index contributed by atoms with van der Waals surface area (Å²) in [6, 6.07) is 14.5. The van der Waals surface area contributed by atoms with Crippen LogP contribution < -0.4 is 16.4 Å². The Morgan fingerprint density at radius 3 is 2.56 bits per heavy atom. The minimum atomic E-state index is -0.563. The second kappa shape index (κ2) is 8.11. The Bertz CT molecular complexity index is 1690. The molecule has 4 heterocycles. The van der Waals surface area contributed by atoms with Gasteiger partial charge in [0.1, 0.15) is 22.5 Å². The first-order chi connectivity index (χ1) is 16.3. The van der Waals surface area contributed by atoms with Gasteiger partial charge in [-0.1, -0.05) is 41.1 Å². The first-order valence-corrected chi connectivity index (χ1v) is 10.7. The molecule has 0 saturated heterocycles. The molecule has 0 fully saturated rings. The summed E-state index contributed by atoms with van der Waals surface area (Å²) >= 11 is 0. The predicted molar refractivity (Wildman–Crippen MR) is 127 cm³/mol. The van der Waals surface area contributed by atoms with E-state index in [1.165, 1.54) is 10.5 Å². The summed E-state index contributed by atoms with van der Waals surface area (Å²) in [6.07, 6.45) is 1.65. The van der Waals surface area contributed by atoms with Crippen molar-refractivity contribution in [3.05, 3.63) is 98.6 Å². The number of rotatable bonds is 4. The van der Waals surface area contributed by atoms with Crippen LogP contribution in [0.4, 0.5) is 5.82 Å². The summed E-state index contributed by atoms with van der Waals surface area (Å²) < 4.78 is 8.07. The van der Waals surface area contributed by atoms with Crippen LogP contribution >= 0.6 is 0 Å². The molecule has 34 heavy (non-hydrogen) atoms. The number of carbonyl (C=O) groups excluding carboxylic acids is 1. The SMILES string of the molecule is Cc1ccc(Cn2c(=N)c(C(=O)Nc3cc(C)on3)cc3c(=O)n4cccc(C)c4nc32)cc1. The van der Waals surface area contributed by atoms with Crippen molar-refractivity contribution in [2.75, 3.05) is 5.32 Å². The van der Waals surface area contributed by atoms with E-state index in [1.807, 2.05) is 44.2 Å². The molecule has 0 unspecified atom stereocenters. The van der Waals surface area contributed by atoms with Crippen molar-refractivity contribution in [1.29, 1.82) is 5.41 Å². The highest BCUT2D eigenvalue weighted by Gasteiger charge is 2.19. The van der Waals surface area contributed by atoms with E-state index in [0.29, 0.717) is 17.1 Å². The monoisotopic (exact) mass is 454 g/mol. The van der Waals surface area contributed by atoms with Crippen molar-refractivity contribution in [2.45, 2.75) is 27.3 Å². The standard InChI is InChI=1S/C25H22N6O3/c1-14-6-8-17(9-7-14)13-31-21(26)18(24(32)27-20-11-16(3)34-29-20)12-19-23(31)28-22-15(2)5-4-10-30(22)25(19)33/h4-12,26H,13H2,1-3H3,(H,27,29,32). The summed E-state index contributed by atoms with van der Waals surface area (Å²) in [4.78, 5) is 31.3. The van der Waals surface area contributed by atoms with E-state index >= 15 is 0 Å². The number of pyridine rings is 2. The quantitative estimate of drug-likeness (QED) is 0.404. The molecule has 0 radical (unpaired) electrons. The van der Waals surface area contributed by atoms with Crippen molar-refractivity contribution in [1.82, 2.24) is 19.1 Å². The second-order valence-electron chi connectivity index (χ2n) is 8.29. The van der Waals surface area contributed by atoms with Crippen molar-refractivity contribution in [3.63, 3.8) is 0 Å². The number of nitrogens with one attached hydrogen (secondary N) is 2. The largest absolute Gasteiger partial charge is 0.360 e. The summed E-state index contributed by atoms with van der Waals surface area (Å²) in [5.74, 6) is 0.210. The van der Waals surface area contributed by atoms with Crippen molar-refractivity contribution in [3.8, 4) is 0 Å². The highest BCUT2D eigenvalue weighted by Crippen LogP contribution is 2.16. The molecule has 4 aromatic heterocycles. The van der Waals surface area contributed by atoms with Gasteiger partial charge in [-0.15, -0.1) is 0 Å². The van der Waals surface area contributed by atoms with E-state index in [9.17, 15) is 9.59 Å². The summed E-state index contributed by atoms with van der Waals surface area (Å²) in [7, 11) is 0. The molecule has 0 spiro atoms. The Kier molecular flexibility index (Phi) is 5.09. The number of amides is 1. The van der Waals surface area contributed by atoms with Crippen molar-refractivity contribution in [2.24, 2.45) is 0 Å². The van der Waals surface area contributed by atoms with E-state index in [0.717, 1.165) is 16.7 Å². The molecular weight excluding hydrogens is 432 g/mol. The van der Waals surface area contributed by atoms with Gasteiger partial charge in [0.25, 0.3) is 11.5 Å². The number of nitrogens with zero attached hydrogens (tertiary/aromatic N) is 4. The van der Waals surface area contributed by atoms with Crippen LogP contribution in [0, 0.1) is 26.2 Å². The molecular formula is C25H22N6O3. The molecule has 1 aromatic carbocycles. The van der Waals surface area contributed by atoms with Crippen LogP contribution in [-0.2, 0) is 6.54 Å². The van der Waals surface area contributed by atoms with Crippen LogP contribution in [0.1, 0.15) is 32.8 Å². The lowest BCUT2D eigenvalue weighted by Gasteiger charge is -2.15. The fourth-order valence-electron chi connectivity index (χ4n) is 3.91. The van der Waals surface area contributed by atoms with E-state index in [4.69, 9.17) is 14.9 Å². The van der Waals surface area contributed by atoms with Gasteiger partial charge in [0.2, 0.25) is 0 Å². The van der Waals surface area contributed by atoms with Crippen LogP contribution in [0.2, 0.25) is 0 Å². The smallest absolute Gasteiger partial charge is 0.267 e. The minimum Gasteiger partial charge on any atom is -0.360 e.